The van der Waals surface area contributed by atoms with Crippen molar-refractivity contribution in [3.63, 3.8) is 0 Å². The Hall–Kier alpha value is -1.26. The molecule has 0 aromatic rings. The minimum atomic E-state index is -0.150. The number of carbonyl (C=O) groups excluding carboxylic acids is 1. The molecule has 1 aliphatic rings. The number of nitrogens with two attached hydrogens (primary N) is 1. The Kier molecular flexibility index (Phi) is 3.73. The van der Waals surface area contributed by atoms with Gasteiger partial charge >= 0.3 is 6.03 Å². The molecule has 5 nitrogen and oxygen atoms in total. The topological polar surface area (TPSA) is 91.0 Å². The molecule has 14 heavy (non-hydrogen) atoms. The van der Waals surface area contributed by atoms with Gasteiger partial charge < -0.3 is 16.4 Å². The second-order valence-electron chi connectivity index (χ2n) is 3.88. The third-order valence-electron chi connectivity index (χ3n) is 2.34. The van der Waals surface area contributed by atoms with Crippen molar-refractivity contribution in [2.75, 3.05) is 0 Å². The zero-order chi connectivity index (χ0) is 10.6. The van der Waals surface area contributed by atoms with Crippen LogP contribution < -0.4 is 16.4 Å². The molecular formula is C9H18N4O. The molecule has 0 bridgehead atoms. The summed E-state index contributed by atoms with van der Waals surface area (Å²) < 4.78 is 0. The number of carbonyl (C=O) groups is 1. The van der Waals surface area contributed by atoms with Gasteiger partial charge in [0.05, 0.1) is 5.84 Å². The van der Waals surface area contributed by atoms with Gasteiger partial charge in [-0.1, -0.05) is 0 Å². The predicted molar refractivity (Wildman–Crippen MR) is 55.3 cm³/mol. The SMILES string of the molecule is CC(CC(=N)N)NC(=O)NC1CCC1. The van der Waals surface area contributed by atoms with E-state index in [0.29, 0.717) is 12.5 Å². The number of urea groups is 1. The molecule has 1 rings (SSSR count). The predicted octanol–water partition coefficient (Wildman–Crippen LogP) is 0.553. The number of nitrogens with one attached hydrogen (secondary N) is 3. The van der Waals surface area contributed by atoms with E-state index >= 15 is 0 Å². The molecular weight excluding hydrogens is 180 g/mol. The molecule has 0 saturated heterocycles. The second kappa shape index (κ2) is 4.83. The Labute approximate surface area is 83.9 Å². The highest BCUT2D eigenvalue weighted by atomic mass is 16.2. The van der Waals surface area contributed by atoms with Crippen LogP contribution in [0.5, 0.6) is 0 Å². The van der Waals surface area contributed by atoms with E-state index in [1.165, 1.54) is 6.42 Å². The Morgan fingerprint density at radius 3 is 2.71 bits per heavy atom. The molecule has 2 amide bonds. The first-order chi connectivity index (χ1) is 6.58. The quantitative estimate of drug-likeness (QED) is 0.392. The van der Waals surface area contributed by atoms with E-state index in [1.807, 2.05) is 6.92 Å². The van der Waals surface area contributed by atoms with Crippen LogP contribution in [0, 0.1) is 5.41 Å². The Bertz CT molecular complexity index is 225. The minimum absolute atomic E-state index is 0.0763. The third kappa shape index (κ3) is 3.64. The maximum Gasteiger partial charge on any atom is 0.315 e. The van der Waals surface area contributed by atoms with Gasteiger partial charge in [-0.2, -0.15) is 0 Å². The summed E-state index contributed by atoms with van der Waals surface area (Å²) in [6, 6.07) is 0.121. The maximum absolute atomic E-state index is 11.3. The highest BCUT2D eigenvalue weighted by Crippen LogP contribution is 2.17. The van der Waals surface area contributed by atoms with E-state index in [9.17, 15) is 4.79 Å². The molecule has 0 aromatic carbocycles. The molecule has 0 aliphatic heterocycles. The number of hydrogen-bond acceptors (Lipinski definition) is 2. The molecule has 5 heteroatoms. The van der Waals surface area contributed by atoms with Crippen molar-refractivity contribution in [1.82, 2.24) is 10.6 Å². The molecule has 0 spiro atoms. The Morgan fingerprint density at radius 2 is 2.29 bits per heavy atom. The molecule has 0 radical (unpaired) electrons. The standard InChI is InChI=1S/C9H18N4O/c1-6(5-8(10)11)12-9(14)13-7-3-2-4-7/h6-7H,2-5H2,1H3,(H3,10,11)(H2,12,13,14). The largest absolute Gasteiger partial charge is 0.388 e. The highest BCUT2D eigenvalue weighted by Gasteiger charge is 2.19. The molecule has 0 aromatic heterocycles. The fourth-order valence-corrected chi connectivity index (χ4v) is 1.38. The van der Waals surface area contributed by atoms with Crippen molar-refractivity contribution >= 4 is 11.9 Å². The molecule has 0 heterocycles. The van der Waals surface area contributed by atoms with Crippen LogP contribution in [-0.2, 0) is 0 Å². The Balaban J connectivity index is 2.14. The van der Waals surface area contributed by atoms with E-state index in [0.717, 1.165) is 12.8 Å². The zero-order valence-electron chi connectivity index (χ0n) is 8.47. The lowest BCUT2D eigenvalue weighted by Crippen LogP contribution is -2.48. The van der Waals surface area contributed by atoms with Crippen molar-refractivity contribution in [3.05, 3.63) is 0 Å². The van der Waals surface area contributed by atoms with Gasteiger partial charge in [0.25, 0.3) is 0 Å². The van der Waals surface area contributed by atoms with Crippen molar-refractivity contribution in [3.8, 4) is 0 Å². The van der Waals surface area contributed by atoms with Gasteiger partial charge in [0.1, 0.15) is 0 Å². The number of amidine groups is 1. The van der Waals surface area contributed by atoms with E-state index in [1.54, 1.807) is 0 Å². The average molecular weight is 198 g/mol. The van der Waals surface area contributed by atoms with Gasteiger partial charge in [0.2, 0.25) is 0 Å². The molecule has 1 aliphatic carbocycles. The van der Waals surface area contributed by atoms with Gasteiger partial charge in [0, 0.05) is 18.5 Å². The van der Waals surface area contributed by atoms with Gasteiger partial charge in [0.15, 0.2) is 0 Å². The first-order valence-corrected chi connectivity index (χ1v) is 4.98. The van der Waals surface area contributed by atoms with Crippen LogP contribution in [-0.4, -0.2) is 24.0 Å². The van der Waals surface area contributed by atoms with Crippen LogP contribution in [0.15, 0.2) is 0 Å². The molecule has 80 valence electrons. The highest BCUT2D eigenvalue weighted by molar-refractivity contribution is 5.79. The fourth-order valence-electron chi connectivity index (χ4n) is 1.38. The van der Waals surface area contributed by atoms with Gasteiger partial charge in [-0.25, -0.2) is 4.79 Å². The number of hydrogen-bond donors (Lipinski definition) is 4. The molecule has 1 atom stereocenters. The lowest BCUT2D eigenvalue weighted by Gasteiger charge is -2.27. The smallest absolute Gasteiger partial charge is 0.315 e. The lowest BCUT2D eigenvalue weighted by atomic mass is 9.93. The van der Waals surface area contributed by atoms with E-state index < -0.39 is 0 Å². The van der Waals surface area contributed by atoms with Crippen LogP contribution in [0.2, 0.25) is 0 Å². The summed E-state index contributed by atoms with van der Waals surface area (Å²) in [7, 11) is 0. The number of rotatable bonds is 4. The van der Waals surface area contributed by atoms with Gasteiger partial charge in [-0.05, 0) is 26.2 Å². The maximum atomic E-state index is 11.3. The first-order valence-electron chi connectivity index (χ1n) is 4.98. The minimum Gasteiger partial charge on any atom is -0.388 e. The van der Waals surface area contributed by atoms with Crippen molar-refractivity contribution < 1.29 is 4.79 Å². The van der Waals surface area contributed by atoms with E-state index in [2.05, 4.69) is 10.6 Å². The summed E-state index contributed by atoms with van der Waals surface area (Å²) in [5, 5.41) is 12.7. The average Bonchev–Trinajstić information content (AvgIpc) is 1.94. The Morgan fingerprint density at radius 1 is 1.64 bits per heavy atom. The summed E-state index contributed by atoms with van der Waals surface area (Å²) in [6.07, 6.45) is 3.76. The molecule has 1 saturated carbocycles. The second-order valence-corrected chi connectivity index (χ2v) is 3.88. The molecule has 1 unspecified atom stereocenters. The summed E-state index contributed by atoms with van der Waals surface area (Å²) >= 11 is 0. The zero-order valence-corrected chi connectivity index (χ0v) is 8.47. The monoisotopic (exact) mass is 198 g/mol. The van der Waals surface area contributed by atoms with Gasteiger partial charge in [-0.3, -0.25) is 5.41 Å². The van der Waals surface area contributed by atoms with Crippen LogP contribution in [0.25, 0.3) is 0 Å². The van der Waals surface area contributed by atoms with E-state index in [4.69, 9.17) is 11.1 Å². The van der Waals surface area contributed by atoms with E-state index in [-0.39, 0.29) is 17.9 Å². The van der Waals surface area contributed by atoms with Gasteiger partial charge in [-0.15, -0.1) is 0 Å². The van der Waals surface area contributed by atoms with Crippen LogP contribution >= 0.6 is 0 Å². The van der Waals surface area contributed by atoms with Crippen LogP contribution in [0.1, 0.15) is 32.6 Å². The van der Waals surface area contributed by atoms with Crippen molar-refractivity contribution in [2.24, 2.45) is 5.73 Å². The van der Waals surface area contributed by atoms with Crippen LogP contribution in [0.4, 0.5) is 4.79 Å². The van der Waals surface area contributed by atoms with Crippen molar-refractivity contribution in [2.45, 2.75) is 44.7 Å². The fraction of sp³-hybridized carbons (Fsp3) is 0.778. The third-order valence-corrected chi connectivity index (χ3v) is 2.34. The first kappa shape index (κ1) is 10.8. The summed E-state index contributed by atoms with van der Waals surface area (Å²) in [5.74, 6) is 0.0986. The normalized spacial score (nSPS) is 18.1. The van der Waals surface area contributed by atoms with Crippen LogP contribution in [0.3, 0.4) is 0 Å². The summed E-state index contributed by atoms with van der Waals surface area (Å²) in [4.78, 5) is 11.3. The lowest BCUT2D eigenvalue weighted by molar-refractivity contribution is 0.225. The summed E-state index contributed by atoms with van der Waals surface area (Å²) in [6.45, 7) is 1.84. The summed E-state index contributed by atoms with van der Waals surface area (Å²) in [5.41, 5.74) is 5.22. The molecule has 5 N–H and O–H groups in total. The number of amides is 2. The van der Waals surface area contributed by atoms with Crippen molar-refractivity contribution in [1.29, 1.82) is 5.41 Å². The molecule has 1 fully saturated rings.